The number of hydrogen-bond acceptors (Lipinski definition) is 2. The summed E-state index contributed by atoms with van der Waals surface area (Å²) in [7, 11) is 0. The molecule has 0 unspecified atom stereocenters. The standard InChI is InChI=1S/C9H10ClNO/c1-5-2-6(10)3-7-8(11)4-12-9(5)7/h2-3,8H,4,11H2,1H3/t8-/m0/s1. The number of hydrogen-bond donors (Lipinski definition) is 1. The Hall–Kier alpha value is -0.730. The monoisotopic (exact) mass is 183 g/mol. The number of aryl methyl sites for hydroxylation is 1. The third-order valence-electron chi connectivity index (χ3n) is 2.07. The van der Waals surface area contributed by atoms with Crippen LogP contribution in [-0.4, -0.2) is 6.61 Å². The van der Waals surface area contributed by atoms with E-state index >= 15 is 0 Å². The van der Waals surface area contributed by atoms with Gasteiger partial charge >= 0.3 is 0 Å². The summed E-state index contributed by atoms with van der Waals surface area (Å²) in [5.74, 6) is 0.909. The molecule has 0 saturated carbocycles. The average Bonchev–Trinajstić information content (AvgIpc) is 2.33. The van der Waals surface area contributed by atoms with Gasteiger partial charge in [0.05, 0.1) is 6.04 Å². The molecule has 2 rings (SSSR count). The van der Waals surface area contributed by atoms with E-state index in [9.17, 15) is 0 Å². The largest absolute Gasteiger partial charge is 0.491 e. The Labute approximate surface area is 76.3 Å². The van der Waals surface area contributed by atoms with Crippen LogP contribution in [0.4, 0.5) is 0 Å². The zero-order chi connectivity index (χ0) is 8.72. The van der Waals surface area contributed by atoms with E-state index in [1.807, 2.05) is 19.1 Å². The minimum absolute atomic E-state index is 0.0163. The fraction of sp³-hybridized carbons (Fsp3) is 0.333. The first-order valence-electron chi connectivity index (χ1n) is 3.87. The lowest BCUT2D eigenvalue weighted by atomic mass is 10.1. The Bertz CT molecular complexity index is 325. The molecule has 1 aromatic carbocycles. The second kappa shape index (κ2) is 2.64. The average molecular weight is 184 g/mol. The Morgan fingerprint density at radius 1 is 1.58 bits per heavy atom. The minimum atomic E-state index is -0.0163. The van der Waals surface area contributed by atoms with Crippen LogP contribution >= 0.6 is 11.6 Å². The molecule has 0 aliphatic carbocycles. The first-order chi connectivity index (χ1) is 5.68. The van der Waals surface area contributed by atoms with Crippen LogP contribution in [0.3, 0.4) is 0 Å². The van der Waals surface area contributed by atoms with Gasteiger partial charge in [0.15, 0.2) is 0 Å². The van der Waals surface area contributed by atoms with Crippen molar-refractivity contribution in [2.45, 2.75) is 13.0 Å². The topological polar surface area (TPSA) is 35.2 Å². The van der Waals surface area contributed by atoms with Crippen LogP contribution < -0.4 is 10.5 Å². The first-order valence-corrected chi connectivity index (χ1v) is 4.24. The highest BCUT2D eigenvalue weighted by molar-refractivity contribution is 6.30. The third-order valence-corrected chi connectivity index (χ3v) is 2.29. The highest BCUT2D eigenvalue weighted by atomic mass is 35.5. The van der Waals surface area contributed by atoms with Gasteiger partial charge in [0.1, 0.15) is 12.4 Å². The smallest absolute Gasteiger partial charge is 0.127 e. The lowest BCUT2D eigenvalue weighted by Gasteiger charge is -2.04. The fourth-order valence-electron chi connectivity index (χ4n) is 1.49. The van der Waals surface area contributed by atoms with E-state index in [4.69, 9.17) is 22.1 Å². The molecule has 0 saturated heterocycles. The molecule has 12 heavy (non-hydrogen) atoms. The molecule has 1 heterocycles. The molecule has 1 atom stereocenters. The van der Waals surface area contributed by atoms with Crippen LogP contribution in [0.1, 0.15) is 17.2 Å². The number of rotatable bonds is 0. The van der Waals surface area contributed by atoms with Crippen molar-refractivity contribution in [1.82, 2.24) is 0 Å². The molecule has 1 aliphatic rings. The zero-order valence-electron chi connectivity index (χ0n) is 6.80. The van der Waals surface area contributed by atoms with Crippen LogP contribution in [0.25, 0.3) is 0 Å². The summed E-state index contributed by atoms with van der Waals surface area (Å²) in [6.45, 7) is 2.54. The van der Waals surface area contributed by atoms with E-state index < -0.39 is 0 Å². The molecule has 0 fully saturated rings. The molecule has 0 aromatic heterocycles. The number of nitrogens with two attached hydrogens (primary N) is 1. The summed E-state index contributed by atoms with van der Waals surface area (Å²) in [6.07, 6.45) is 0. The Balaban J connectivity index is 2.60. The number of fused-ring (bicyclic) bond motifs is 1. The maximum Gasteiger partial charge on any atom is 0.127 e. The molecule has 64 valence electrons. The molecule has 2 nitrogen and oxygen atoms in total. The summed E-state index contributed by atoms with van der Waals surface area (Å²) in [6, 6.07) is 3.75. The van der Waals surface area contributed by atoms with Crippen LogP contribution in [-0.2, 0) is 0 Å². The molecule has 1 aromatic rings. The molecule has 0 amide bonds. The van der Waals surface area contributed by atoms with Gasteiger partial charge in [-0.3, -0.25) is 0 Å². The number of ether oxygens (including phenoxy) is 1. The highest BCUT2D eigenvalue weighted by Gasteiger charge is 2.22. The Morgan fingerprint density at radius 3 is 3.08 bits per heavy atom. The van der Waals surface area contributed by atoms with E-state index in [-0.39, 0.29) is 6.04 Å². The van der Waals surface area contributed by atoms with Crippen molar-refractivity contribution in [1.29, 1.82) is 0 Å². The second-order valence-corrected chi connectivity index (χ2v) is 3.49. The normalized spacial score (nSPS) is 20.4. The maximum atomic E-state index is 5.88. The first kappa shape index (κ1) is 7.90. The van der Waals surface area contributed by atoms with Crippen LogP contribution in [0.15, 0.2) is 12.1 Å². The van der Waals surface area contributed by atoms with Crippen molar-refractivity contribution in [2.24, 2.45) is 5.73 Å². The minimum Gasteiger partial charge on any atom is -0.491 e. The lowest BCUT2D eigenvalue weighted by molar-refractivity contribution is 0.331. The van der Waals surface area contributed by atoms with Gasteiger partial charge in [0.25, 0.3) is 0 Å². The van der Waals surface area contributed by atoms with Gasteiger partial charge in [-0.2, -0.15) is 0 Å². The van der Waals surface area contributed by atoms with Crippen LogP contribution in [0, 0.1) is 6.92 Å². The van der Waals surface area contributed by atoms with Gasteiger partial charge in [-0.1, -0.05) is 11.6 Å². The van der Waals surface area contributed by atoms with Crippen molar-refractivity contribution in [3.05, 3.63) is 28.3 Å². The summed E-state index contributed by atoms with van der Waals surface area (Å²) in [5, 5.41) is 0.729. The third kappa shape index (κ3) is 1.08. The number of benzene rings is 1. The molecule has 0 bridgehead atoms. The van der Waals surface area contributed by atoms with Crippen molar-refractivity contribution in [3.8, 4) is 5.75 Å². The molecular formula is C9H10ClNO. The lowest BCUT2D eigenvalue weighted by Crippen LogP contribution is -2.10. The van der Waals surface area contributed by atoms with Gasteiger partial charge < -0.3 is 10.5 Å². The van der Waals surface area contributed by atoms with E-state index in [2.05, 4.69) is 0 Å². The second-order valence-electron chi connectivity index (χ2n) is 3.06. The van der Waals surface area contributed by atoms with Crippen molar-refractivity contribution in [2.75, 3.05) is 6.61 Å². The Morgan fingerprint density at radius 2 is 2.33 bits per heavy atom. The molecule has 2 N–H and O–H groups in total. The molecule has 3 heteroatoms. The van der Waals surface area contributed by atoms with Gasteiger partial charge in [0, 0.05) is 10.6 Å². The quantitative estimate of drug-likeness (QED) is 0.668. The van der Waals surface area contributed by atoms with E-state index in [1.54, 1.807) is 0 Å². The zero-order valence-corrected chi connectivity index (χ0v) is 7.56. The molecular weight excluding hydrogens is 174 g/mol. The summed E-state index contributed by atoms with van der Waals surface area (Å²) >= 11 is 5.88. The summed E-state index contributed by atoms with van der Waals surface area (Å²) in [4.78, 5) is 0. The van der Waals surface area contributed by atoms with Gasteiger partial charge in [-0.05, 0) is 24.6 Å². The molecule has 1 aliphatic heterocycles. The summed E-state index contributed by atoms with van der Waals surface area (Å²) in [5.41, 5.74) is 7.89. The predicted octanol–water partition coefficient (Wildman–Crippen LogP) is 2.04. The van der Waals surface area contributed by atoms with Crippen molar-refractivity contribution >= 4 is 11.6 Å². The van der Waals surface area contributed by atoms with E-state index in [0.717, 1.165) is 21.9 Å². The maximum absolute atomic E-state index is 5.88. The van der Waals surface area contributed by atoms with Gasteiger partial charge in [0.2, 0.25) is 0 Å². The predicted molar refractivity (Wildman–Crippen MR) is 48.6 cm³/mol. The van der Waals surface area contributed by atoms with E-state index in [1.165, 1.54) is 0 Å². The van der Waals surface area contributed by atoms with Crippen LogP contribution in [0.2, 0.25) is 5.02 Å². The Kier molecular flexibility index (Phi) is 1.74. The summed E-state index contributed by atoms with van der Waals surface area (Å²) < 4.78 is 5.41. The van der Waals surface area contributed by atoms with E-state index in [0.29, 0.717) is 6.61 Å². The molecule has 0 spiro atoms. The van der Waals surface area contributed by atoms with Crippen molar-refractivity contribution < 1.29 is 4.74 Å². The van der Waals surface area contributed by atoms with Crippen molar-refractivity contribution in [3.63, 3.8) is 0 Å². The van der Waals surface area contributed by atoms with Gasteiger partial charge in [-0.25, -0.2) is 0 Å². The highest BCUT2D eigenvalue weighted by Crippen LogP contribution is 2.36. The van der Waals surface area contributed by atoms with Gasteiger partial charge in [-0.15, -0.1) is 0 Å². The SMILES string of the molecule is Cc1cc(Cl)cc2c1OC[C@@H]2N. The fourth-order valence-corrected chi connectivity index (χ4v) is 1.77. The van der Waals surface area contributed by atoms with Crippen LogP contribution in [0.5, 0.6) is 5.75 Å². The molecule has 0 radical (unpaired) electrons. The number of halogens is 1.